The minimum Gasteiger partial charge on any atom is -0.383 e. The molecule has 0 saturated heterocycles. The molecule has 0 spiro atoms. The van der Waals surface area contributed by atoms with Crippen LogP contribution in [0, 0.1) is 13.8 Å². The van der Waals surface area contributed by atoms with Crippen LogP contribution in [0.15, 0.2) is 18.2 Å². The number of methoxy groups -OCH3 is 1. The molecule has 0 aliphatic heterocycles. The smallest absolute Gasteiger partial charge is 0.0627 e. The first-order valence-corrected chi connectivity index (χ1v) is 6.06. The molecule has 0 heterocycles. The Morgan fingerprint density at radius 2 is 1.94 bits per heavy atom. The molecule has 0 aromatic heterocycles. The van der Waals surface area contributed by atoms with Crippen LogP contribution >= 0.6 is 11.6 Å². The number of hydrogen-bond acceptors (Lipinski definition) is 2. The summed E-state index contributed by atoms with van der Waals surface area (Å²) in [5.41, 5.74) is 3.99. The molecule has 0 aliphatic rings. The van der Waals surface area contributed by atoms with Crippen LogP contribution in [0.1, 0.15) is 16.7 Å². The predicted octanol–water partition coefficient (Wildman–Crippen LogP) is 2.65. The number of alkyl halides is 1. The van der Waals surface area contributed by atoms with Gasteiger partial charge in [0.25, 0.3) is 0 Å². The maximum atomic E-state index is 5.85. The van der Waals surface area contributed by atoms with Gasteiger partial charge in [-0.2, -0.15) is 0 Å². The zero-order valence-electron chi connectivity index (χ0n) is 10.2. The standard InChI is InChI=1S/C13H20ClNO/c1-10-5-4-6-11(2)13(10)8-15-12(7-14)9-16-3/h4-6,12,15H,7-9H2,1-3H3. The maximum Gasteiger partial charge on any atom is 0.0627 e. The van der Waals surface area contributed by atoms with Crippen molar-refractivity contribution < 1.29 is 4.74 Å². The summed E-state index contributed by atoms with van der Waals surface area (Å²) in [4.78, 5) is 0. The Kier molecular flexibility index (Phi) is 5.81. The average molecular weight is 242 g/mol. The number of aryl methyl sites for hydroxylation is 2. The molecule has 1 aromatic carbocycles. The third kappa shape index (κ3) is 3.78. The Bertz CT molecular complexity index is 307. The van der Waals surface area contributed by atoms with Gasteiger partial charge >= 0.3 is 0 Å². The lowest BCUT2D eigenvalue weighted by Crippen LogP contribution is -2.34. The summed E-state index contributed by atoms with van der Waals surface area (Å²) >= 11 is 5.85. The fourth-order valence-electron chi connectivity index (χ4n) is 1.73. The average Bonchev–Trinajstić information content (AvgIpc) is 2.27. The van der Waals surface area contributed by atoms with Gasteiger partial charge in [-0.05, 0) is 30.5 Å². The number of ether oxygens (including phenoxy) is 1. The van der Waals surface area contributed by atoms with Gasteiger partial charge in [0.15, 0.2) is 0 Å². The Morgan fingerprint density at radius 3 is 2.44 bits per heavy atom. The van der Waals surface area contributed by atoms with Gasteiger partial charge in [-0.25, -0.2) is 0 Å². The van der Waals surface area contributed by atoms with Gasteiger partial charge in [0, 0.05) is 25.6 Å². The van der Waals surface area contributed by atoms with Gasteiger partial charge in [-0.1, -0.05) is 18.2 Å². The fraction of sp³-hybridized carbons (Fsp3) is 0.538. The largest absolute Gasteiger partial charge is 0.383 e. The van der Waals surface area contributed by atoms with E-state index in [4.69, 9.17) is 16.3 Å². The van der Waals surface area contributed by atoms with Crippen molar-refractivity contribution in [2.24, 2.45) is 0 Å². The molecule has 90 valence electrons. The number of halogens is 1. The molecule has 2 nitrogen and oxygen atoms in total. The lowest BCUT2D eigenvalue weighted by atomic mass is 10.0. The summed E-state index contributed by atoms with van der Waals surface area (Å²) in [6.45, 7) is 5.76. The van der Waals surface area contributed by atoms with Crippen LogP contribution < -0.4 is 5.32 Å². The van der Waals surface area contributed by atoms with E-state index in [1.165, 1.54) is 16.7 Å². The van der Waals surface area contributed by atoms with Crippen molar-refractivity contribution in [2.45, 2.75) is 26.4 Å². The third-order valence-electron chi connectivity index (χ3n) is 2.77. The Morgan fingerprint density at radius 1 is 1.31 bits per heavy atom. The van der Waals surface area contributed by atoms with E-state index in [1.54, 1.807) is 7.11 Å². The summed E-state index contributed by atoms with van der Waals surface area (Å²) in [5, 5.41) is 3.41. The van der Waals surface area contributed by atoms with Crippen LogP contribution in [0.2, 0.25) is 0 Å². The molecular formula is C13H20ClNO. The summed E-state index contributed by atoms with van der Waals surface area (Å²) in [5.74, 6) is 0.568. The van der Waals surface area contributed by atoms with Gasteiger partial charge < -0.3 is 10.1 Å². The second-order valence-corrected chi connectivity index (χ2v) is 4.37. The first-order valence-electron chi connectivity index (χ1n) is 5.52. The van der Waals surface area contributed by atoms with Gasteiger partial charge in [-0.3, -0.25) is 0 Å². The zero-order valence-corrected chi connectivity index (χ0v) is 11.0. The van der Waals surface area contributed by atoms with E-state index in [2.05, 4.69) is 37.4 Å². The van der Waals surface area contributed by atoms with Gasteiger partial charge in [-0.15, -0.1) is 11.6 Å². The topological polar surface area (TPSA) is 21.3 Å². The van der Waals surface area contributed by atoms with Crippen molar-refractivity contribution in [1.29, 1.82) is 0 Å². The highest BCUT2D eigenvalue weighted by atomic mass is 35.5. The normalized spacial score (nSPS) is 12.8. The van der Waals surface area contributed by atoms with Gasteiger partial charge in [0.2, 0.25) is 0 Å². The molecule has 3 heteroatoms. The summed E-state index contributed by atoms with van der Waals surface area (Å²) < 4.78 is 5.10. The van der Waals surface area contributed by atoms with Crippen LogP contribution in [-0.2, 0) is 11.3 Å². The van der Waals surface area contributed by atoms with Crippen molar-refractivity contribution in [3.8, 4) is 0 Å². The SMILES string of the molecule is COCC(CCl)NCc1c(C)cccc1C. The molecule has 0 amide bonds. The molecule has 1 N–H and O–H groups in total. The molecule has 0 aliphatic carbocycles. The van der Waals surface area contributed by atoms with Crippen LogP contribution in [0.4, 0.5) is 0 Å². The van der Waals surface area contributed by atoms with Gasteiger partial charge in [0.05, 0.1) is 6.61 Å². The molecule has 16 heavy (non-hydrogen) atoms. The first-order chi connectivity index (χ1) is 7.69. The summed E-state index contributed by atoms with van der Waals surface area (Å²) in [7, 11) is 1.69. The third-order valence-corrected chi connectivity index (χ3v) is 3.14. The monoisotopic (exact) mass is 241 g/mol. The van der Waals surface area contributed by atoms with E-state index in [0.717, 1.165) is 6.54 Å². The van der Waals surface area contributed by atoms with Crippen LogP contribution in [0.25, 0.3) is 0 Å². The van der Waals surface area contributed by atoms with Crippen LogP contribution in [0.5, 0.6) is 0 Å². The van der Waals surface area contributed by atoms with E-state index < -0.39 is 0 Å². The van der Waals surface area contributed by atoms with Crippen molar-refractivity contribution in [1.82, 2.24) is 5.32 Å². The maximum absolute atomic E-state index is 5.85. The fourth-order valence-corrected chi connectivity index (χ4v) is 1.93. The van der Waals surface area contributed by atoms with Crippen LogP contribution in [0.3, 0.4) is 0 Å². The Hall–Kier alpha value is -0.570. The minimum absolute atomic E-state index is 0.214. The highest BCUT2D eigenvalue weighted by Gasteiger charge is 2.08. The van der Waals surface area contributed by atoms with Crippen molar-refractivity contribution in [3.63, 3.8) is 0 Å². The zero-order chi connectivity index (χ0) is 12.0. The first kappa shape index (κ1) is 13.5. The van der Waals surface area contributed by atoms with Crippen molar-refractivity contribution in [2.75, 3.05) is 19.6 Å². The molecule has 1 aromatic rings. The molecule has 0 saturated carbocycles. The molecular weight excluding hydrogens is 222 g/mol. The van der Waals surface area contributed by atoms with E-state index in [0.29, 0.717) is 12.5 Å². The second kappa shape index (κ2) is 6.89. The summed E-state index contributed by atoms with van der Waals surface area (Å²) in [6.07, 6.45) is 0. The van der Waals surface area contributed by atoms with E-state index in [9.17, 15) is 0 Å². The molecule has 0 fully saturated rings. The molecule has 0 radical (unpaired) electrons. The minimum atomic E-state index is 0.214. The highest BCUT2D eigenvalue weighted by Crippen LogP contribution is 2.13. The lowest BCUT2D eigenvalue weighted by Gasteiger charge is -2.17. The van der Waals surface area contributed by atoms with E-state index in [-0.39, 0.29) is 6.04 Å². The highest BCUT2D eigenvalue weighted by molar-refractivity contribution is 6.18. The Labute approximate surface area is 103 Å². The number of hydrogen-bond donors (Lipinski definition) is 1. The van der Waals surface area contributed by atoms with Crippen molar-refractivity contribution in [3.05, 3.63) is 34.9 Å². The Balaban J connectivity index is 2.59. The number of benzene rings is 1. The second-order valence-electron chi connectivity index (χ2n) is 4.06. The molecule has 0 bridgehead atoms. The number of rotatable bonds is 6. The quantitative estimate of drug-likeness (QED) is 0.774. The van der Waals surface area contributed by atoms with Crippen LogP contribution in [-0.4, -0.2) is 25.6 Å². The van der Waals surface area contributed by atoms with E-state index >= 15 is 0 Å². The predicted molar refractivity (Wildman–Crippen MR) is 69.1 cm³/mol. The van der Waals surface area contributed by atoms with E-state index in [1.807, 2.05) is 0 Å². The van der Waals surface area contributed by atoms with Gasteiger partial charge in [0.1, 0.15) is 0 Å². The van der Waals surface area contributed by atoms with Crippen molar-refractivity contribution >= 4 is 11.6 Å². The summed E-state index contributed by atoms with van der Waals surface area (Å²) in [6, 6.07) is 6.57. The molecule has 1 unspecified atom stereocenters. The lowest BCUT2D eigenvalue weighted by molar-refractivity contribution is 0.172. The number of nitrogens with one attached hydrogen (secondary N) is 1. The molecule has 1 atom stereocenters. The molecule has 1 rings (SSSR count).